The first-order valence-electron chi connectivity index (χ1n) is 6.08. The number of imidazole rings is 1. The van der Waals surface area contributed by atoms with Gasteiger partial charge in [0.25, 0.3) is 0 Å². The predicted octanol–water partition coefficient (Wildman–Crippen LogP) is 1.55. The van der Waals surface area contributed by atoms with E-state index in [4.69, 9.17) is 4.74 Å². The molecule has 2 aromatic rings. The number of rotatable bonds is 2. The first-order chi connectivity index (χ1) is 8.78. The van der Waals surface area contributed by atoms with Crippen LogP contribution in [0.4, 0.5) is 0 Å². The van der Waals surface area contributed by atoms with Crippen molar-refractivity contribution in [2.75, 3.05) is 13.7 Å². The van der Waals surface area contributed by atoms with E-state index in [0.717, 1.165) is 24.3 Å². The highest BCUT2D eigenvalue weighted by atomic mass is 16.5. The van der Waals surface area contributed by atoms with Crippen LogP contribution < -0.4 is 5.32 Å². The molecule has 0 aliphatic carbocycles. The zero-order chi connectivity index (χ0) is 12.5. The molecule has 1 atom stereocenters. The molecule has 3 rings (SSSR count). The summed E-state index contributed by atoms with van der Waals surface area (Å²) in [5, 5.41) is 3.41. The molecule has 5 nitrogen and oxygen atoms in total. The number of nitrogens with zero attached hydrogens (tertiary/aromatic N) is 2. The molecule has 0 bridgehead atoms. The average Bonchev–Trinajstić information content (AvgIpc) is 3.04. The smallest absolute Gasteiger partial charge is 0.338 e. The monoisotopic (exact) mass is 245 g/mol. The van der Waals surface area contributed by atoms with Crippen LogP contribution in [0.3, 0.4) is 0 Å². The van der Waals surface area contributed by atoms with E-state index in [2.05, 4.69) is 10.3 Å². The standard InChI is InChI=1S/C13H15N3O2/c1-18-13(17)9-4-6-16-8-11(15-12(16)7-9)10-3-2-5-14-10/h4,6-8,10,14H,2-3,5H2,1H3. The summed E-state index contributed by atoms with van der Waals surface area (Å²) in [7, 11) is 1.38. The zero-order valence-corrected chi connectivity index (χ0v) is 10.2. The average molecular weight is 245 g/mol. The Labute approximate surface area is 105 Å². The van der Waals surface area contributed by atoms with Crippen molar-refractivity contribution < 1.29 is 9.53 Å². The van der Waals surface area contributed by atoms with Gasteiger partial charge in [-0.1, -0.05) is 0 Å². The van der Waals surface area contributed by atoms with Gasteiger partial charge >= 0.3 is 5.97 Å². The molecule has 0 amide bonds. The van der Waals surface area contributed by atoms with Crippen molar-refractivity contribution in [2.45, 2.75) is 18.9 Å². The van der Waals surface area contributed by atoms with Crippen LogP contribution in [-0.4, -0.2) is 29.0 Å². The highest BCUT2D eigenvalue weighted by Crippen LogP contribution is 2.22. The lowest BCUT2D eigenvalue weighted by Gasteiger charge is -2.04. The third-order valence-corrected chi connectivity index (χ3v) is 3.32. The van der Waals surface area contributed by atoms with Crippen molar-refractivity contribution in [2.24, 2.45) is 0 Å². The maximum Gasteiger partial charge on any atom is 0.338 e. The van der Waals surface area contributed by atoms with Gasteiger partial charge in [0.2, 0.25) is 0 Å². The lowest BCUT2D eigenvalue weighted by molar-refractivity contribution is 0.0600. The summed E-state index contributed by atoms with van der Waals surface area (Å²) < 4.78 is 6.64. The minimum atomic E-state index is -0.332. The lowest BCUT2D eigenvalue weighted by atomic mass is 10.2. The second kappa shape index (κ2) is 4.42. The molecule has 5 heteroatoms. The molecule has 1 N–H and O–H groups in total. The number of nitrogens with one attached hydrogen (secondary N) is 1. The number of esters is 1. The Bertz CT molecular complexity index is 585. The van der Waals surface area contributed by atoms with Crippen LogP contribution in [0.1, 0.15) is 34.9 Å². The third-order valence-electron chi connectivity index (χ3n) is 3.32. The predicted molar refractivity (Wildman–Crippen MR) is 66.5 cm³/mol. The van der Waals surface area contributed by atoms with Crippen LogP contribution in [0.5, 0.6) is 0 Å². The number of fused-ring (bicyclic) bond motifs is 1. The van der Waals surface area contributed by atoms with Gasteiger partial charge in [0, 0.05) is 12.4 Å². The number of methoxy groups -OCH3 is 1. The topological polar surface area (TPSA) is 55.6 Å². The molecule has 1 aliphatic heterocycles. The van der Waals surface area contributed by atoms with Crippen LogP contribution in [0.15, 0.2) is 24.5 Å². The van der Waals surface area contributed by atoms with Gasteiger partial charge in [-0.15, -0.1) is 0 Å². The van der Waals surface area contributed by atoms with Gasteiger partial charge in [-0.25, -0.2) is 9.78 Å². The maximum absolute atomic E-state index is 11.4. The Balaban J connectivity index is 1.98. The van der Waals surface area contributed by atoms with Crippen LogP contribution in [0.2, 0.25) is 0 Å². The Morgan fingerprint density at radius 2 is 2.50 bits per heavy atom. The molecule has 1 aliphatic rings. The summed E-state index contributed by atoms with van der Waals surface area (Å²) in [5.41, 5.74) is 2.35. The van der Waals surface area contributed by atoms with Gasteiger partial charge in [0.1, 0.15) is 5.65 Å². The fraction of sp³-hybridized carbons (Fsp3) is 0.385. The minimum absolute atomic E-state index is 0.332. The fourth-order valence-corrected chi connectivity index (χ4v) is 2.35. The second-order valence-corrected chi connectivity index (χ2v) is 4.49. The van der Waals surface area contributed by atoms with Gasteiger partial charge in [-0.3, -0.25) is 0 Å². The van der Waals surface area contributed by atoms with Crippen LogP contribution in [-0.2, 0) is 4.74 Å². The van der Waals surface area contributed by atoms with E-state index in [9.17, 15) is 4.79 Å². The normalized spacial score (nSPS) is 19.3. The maximum atomic E-state index is 11.4. The van der Waals surface area contributed by atoms with Crippen molar-refractivity contribution in [3.05, 3.63) is 35.8 Å². The number of hydrogen-bond donors (Lipinski definition) is 1. The van der Waals surface area contributed by atoms with Gasteiger partial charge in [0.05, 0.1) is 24.4 Å². The lowest BCUT2D eigenvalue weighted by Crippen LogP contribution is -2.12. The van der Waals surface area contributed by atoms with Gasteiger partial charge in [0.15, 0.2) is 0 Å². The van der Waals surface area contributed by atoms with Crippen molar-refractivity contribution in [3.8, 4) is 0 Å². The molecule has 3 heterocycles. The molecule has 0 saturated carbocycles. The number of ether oxygens (including phenoxy) is 1. The number of carbonyl (C=O) groups is 1. The number of carbonyl (C=O) groups excluding carboxylic acids is 1. The largest absolute Gasteiger partial charge is 0.465 e. The van der Waals surface area contributed by atoms with Gasteiger partial charge in [-0.05, 0) is 31.5 Å². The van der Waals surface area contributed by atoms with Gasteiger partial charge in [-0.2, -0.15) is 0 Å². The van der Waals surface area contributed by atoms with E-state index < -0.39 is 0 Å². The van der Waals surface area contributed by atoms with Crippen LogP contribution in [0.25, 0.3) is 5.65 Å². The van der Waals surface area contributed by atoms with Crippen molar-refractivity contribution >= 4 is 11.6 Å². The van der Waals surface area contributed by atoms with E-state index in [0.29, 0.717) is 11.6 Å². The fourth-order valence-electron chi connectivity index (χ4n) is 2.35. The molecule has 1 fully saturated rings. The first-order valence-corrected chi connectivity index (χ1v) is 6.08. The molecule has 18 heavy (non-hydrogen) atoms. The van der Waals surface area contributed by atoms with E-state index in [1.807, 2.05) is 16.8 Å². The van der Waals surface area contributed by atoms with Crippen molar-refractivity contribution in [3.63, 3.8) is 0 Å². The summed E-state index contributed by atoms with van der Waals surface area (Å²) in [6, 6.07) is 3.84. The Morgan fingerprint density at radius 3 is 3.22 bits per heavy atom. The Morgan fingerprint density at radius 1 is 1.61 bits per heavy atom. The molecular formula is C13H15N3O2. The summed E-state index contributed by atoms with van der Waals surface area (Å²) in [6.45, 7) is 1.05. The van der Waals surface area contributed by atoms with Gasteiger partial charge < -0.3 is 14.5 Å². The molecule has 1 saturated heterocycles. The zero-order valence-electron chi connectivity index (χ0n) is 10.2. The number of pyridine rings is 1. The molecule has 94 valence electrons. The first kappa shape index (κ1) is 11.2. The van der Waals surface area contributed by atoms with E-state index in [1.165, 1.54) is 13.5 Å². The SMILES string of the molecule is COC(=O)c1ccn2cc(C3CCCN3)nc2c1. The summed E-state index contributed by atoms with van der Waals surface area (Å²) >= 11 is 0. The molecule has 0 spiro atoms. The molecular weight excluding hydrogens is 230 g/mol. The highest BCUT2D eigenvalue weighted by molar-refractivity contribution is 5.90. The molecule has 2 aromatic heterocycles. The Hall–Kier alpha value is -1.88. The molecule has 0 radical (unpaired) electrons. The number of aromatic nitrogens is 2. The Kier molecular flexibility index (Phi) is 2.76. The summed E-state index contributed by atoms with van der Waals surface area (Å²) in [6.07, 6.45) is 6.16. The summed E-state index contributed by atoms with van der Waals surface area (Å²) in [4.78, 5) is 16.0. The van der Waals surface area contributed by atoms with Crippen LogP contribution in [0, 0.1) is 0 Å². The highest BCUT2D eigenvalue weighted by Gasteiger charge is 2.19. The second-order valence-electron chi connectivity index (χ2n) is 4.49. The number of hydrogen-bond acceptors (Lipinski definition) is 4. The van der Waals surface area contributed by atoms with Crippen molar-refractivity contribution in [1.29, 1.82) is 0 Å². The molecule has 0 aromatic carbocycles. The summed E-state index contributed by atoms with van der Waals surface area (Å²) in [5.74, 6) is -0.332. The molecule has 1 unspecified atom stereocenters. The van der Waals surface area contributed by atoms with E-state index >= 15 is 0 Å². The minimum Gasteiger partial charge on any atom is -0.465 e. The van der Waals surface area contributed by atoms with E-state index in [1.54, 1.807) is 12.1 Å². The quantitative estimate of drug-likeness (QED) is 0.815. The van der Waals surface area contributed by atoms with Crippen molar-refractivity contribution in [1.82, 2.24) is 14.7 Å². The third kappa shape index (κ3) is 1.86. The van der Waals surface area contributed by atoms with E-state index in [-0.39, 0.29) is 5.97 Å². The van der Waals surface area contributed by atoms with Crippen LogP contribution >= 0.6 is 0 Å².